The molecule has 1 aliphatic heterocycles. The number of hydrogen-bond acceptors (Lipinski definition) is 6. The zero-order valence-corrected chi connectivity index (χ0v) is 19.7. The van der Waals surface area contributed by atoms with E-state index in [0.717, 1.165) is 22.7 Å². The molecule has 7 nitrogen and oxygen atoms in total. The minimum absolute atomic E-state index is 0.0776. The Balaban J connectivity index is 1.31. The van der Waals surface area contributed by atoms with Crippen LogP contribution >= 0.6 is 0 Å². The summed E-state index contributed by atoms with van der Waals surface area (Å²) in [6.07, 6.45) is -0.462. The molecule has 0 aliphatic carbocycles. The monoisotopic (exact) mass is 469 g/mol. The summed E-state index contributed by atoms with van der Waals surface area (Å²) in [5.74, 6) is 0.878. The number of aryl methyl sites for hydroxylation is 2. The molecule has 0 saturated carbocycles. The van der Waals surface area contributed by atoms with Crippen LogP contribution in [-0.2, 0) is 13.1 Å². The maximum Gasteiger partial charge on any atom is 0.137 e. The number of nitrogens with zero attached hydrogens (tertiary/aromatic N) is 3. The van der Waals surface area contributed by atoms with E-state index in [9.17, 15) is 14.6 Å². The summed E-state index contributed by atoms with van der Waals surface area (Å²) >= 11 is 0. The molecule has 8 heteroatoms. The summed E-state index contributed by atoms with van der Waals surface area (Å²) in [4.78, 5) is 2.09. The highest BCUT2D eigenvalue weighted by Crippen LogP contribution is 2.26. The lowest BCUT2D eigenvalue weighted by atomic mass is 9.90. The number of aliphatic hydroxyl groups is 2. The normalized spacial score (nSPS) is 20.9. The fourth-order valence-corrected chi connectivity index (χ4v) is 4.30. The van der Waals surface area contributed by atoms with Crippen molar-refractivity contribution in [2.45, 2.75) is 45.1 Å². The molecule has 2 heterocycles. The van der Waals surface area contributed by atoms with Crippen LogP contribution in [0.3, 0.4) is 0 Å². The zero-order chi connectivity index (χ0) is 24.1. The van der Waals surface area contributed by atoms with E-state index >= 15 is 0 Å². The predicted molar refractivity (Wildman–Crippen MR) is 126 cm³/mol. The van der Waals surface area contributed by atoms with Gasteiger partial charge in [-0.3, -0.25) is 9.58 Å². The Labute approximate surface area is 199 Å². The molecular weight excluding hydrogens is 437 g/mol. The minimum atomic E-state index is -1.42. The standard InChI is InChI=1S/C26H32FN3O4/c1-19-14-20(2)30(28-19)12-13-33-24-5-3-4-21(15-24)16-29-11-10-25(31)26(32,17-29)18-34-23-8-6-22(27)7-9-23/h3-9,14-15,25,31-32H,10-13,16-18H2,1-2H3/t25-,26-/m0/s1. The Morgan fingerprint density at radius 3 is 2.62 bits per heavy atom. The number of rotatable bonds is 9. The molecule has 0 spiro atoms. The lowest BCUT2D eigenvalue weighted by molar-refractivity contribution is -0.140. The van der Waals surface area contributed by atoms with E-state index in [1.807, 2.05) is 48.9 Å². The molecule has 1 fully saturated rings. The molecule has 3 aromatic rings. The van der Waals surface area contributed by atoms with E-state index in [1.165, 1.54) is 24.3 Å². The largest absolute Gasteiger partial charge is 0.492 e. The van der Waals surface area contributed by atoms with Crippen molar-refractivity contribution in [2.75, 3.05) is 26.3 Å². The molecule has 0 amide bonds. The number of ether oxygens (including phenoxy) is 2. The summed E-state index contributed by atoms with van der Waals surface area (Å²) in [7, 11) is 0. The van der Waals surface area contributed by atoms with E-state index in [-0.39, 0.29) is 19.0 Å². The van der Waals surface area contributed by atoms with Crippen molar-refractivity contribution in [3.8, 4) is 11.5 Å². The second-order valence-electron chi connectivity index (χ2n) is 9.01. The number of aromatic nitrogens is 2. The minimum Gasteiger partial charge on any atom is -0.492 e. The van der Waals surface area contributed by atoms with Gasteiger partial charge in [0.2, 0.25) is 0 Å². The number of likely N-dealkylation sites (tertiary alicyclic amines) is 1. The molecule has 2 N–H and O–H groups in total. The van der Waals surface area contributed by atoms with Gasteiger partial charge < -0.3 is 19.7 Å². The van der Waals surface area contributed by atoms with Gasteiger partial charge in [-0.1, -0.05) is 12.1 Å². The van der Waals surface area contributed by atoms with Gasteiger partial charge in [0.15, 0.2) is 0 Å². The van der Waals surface area contributed by atoms with Crippen LogP contribution in [-0.4, -0.2) is 62.9 Å². The predicted octanol–water partition coefficient (Wildman–Crippen LogP) is 3.09. The van der Waals surface area contributed by atoms with Crippen molar-refractivity contribution in [1.82, 2.24) is 14.7 Å². The quantitative estimate of drug-likeness (QED) is 0.501. The second-order valence-corrected chi connectivity index (χ2v) is 9.01. The first-order valence-electron chi connectivity index (χ1n) is 11.5. The SMILES string of the molecule is Cc1cc(C)n(CCOc2cccc(CN3CC[C@H](O)[C@@](O)(COc4ccc(F)cc4)C3)c2)n1. The van der Waals surface area contributed by atoms with E-state index in [1.54, 1.807) is 0 Å². The first kappa shape index (κ1) is 24.2. The summed E-state index contributed by atoms with van der Waals surface area (Å²) in [5.41, 5.74) is 1.74. The van der Waals surface area contributed by atoms with Gasteiger partial charge in [-0.15, -0.1) is 0 Å². The molecule has 34 heavy (non-hydrogen) atoms. The average Bonchev–Trinajstić information content (AvgIpc) is 3.13. The number of halogens is 1. The van der Waals surface area contributed by atoms with Gasteiger partial charge >= 0.3 is 0 Å². The fourth-order valence-electron chi connectivity index (χ4n) is 4.30. The molecule has 0 unspecified atom stereocenters. The molecular formula is C26H32FN3O4. The topological polar surface area (TPSA) is 80.0 Å². The van der Waals surface area contributed by atoms with Crippen LogP contribution < -0.4 is 9.47 Å². The van der Waals surface area contributed by atoms with Crippen molar-refractivity contribution < 1.29 is 24.1 Å². The van der Waals surface area contributed by atoms with Gasteiger partial charge in [0.25, 0.3) is 0 Å². The summed E-state index contributed by atoms with van der Waals surface area (Å²) < 4.78 is 26.6. The highest BCUT2D eigenvalue weighted by Gasteiger charge is 2.42. The van der Waals surface area contributed by atoms with Crippen molar-refractivity contribution in [1.29, 1.82) is 0 Å². The molecule has 1 aliphatic rings. The van der Waals surface area contributed by atoms with Crippen LogP contribution in [0, 0.1) is 19.7 Å². The molecule has 0 radical (unpaired) electrons. The van der Waals surface area contributed by atoms with Gasteiger partial charge in [-0.05, 0) is 68.3 Å². The Morgan fingerprint density at radius 1 is 1.09 bits per heavy atom. The van der Waals surface area contributed by atoms with Crippen LogP contribution in [0.4, 0.5) is 4.39 Å². The van der Waals surface area contributed by atoms with Gasteiger partial charge in [-0.2, -0.15) is 5.10 Å². The van der Waals surface area contributed by atoms with E-state index in [2.05, 4.69) is 10.00 Å². The maximum atomic E-state index is 13.1. The zero-order valence-electron chi connectivity index (χ0n) is 19.7. The molecule has 4 rings (SSSR count). The summed E-state index contributed by atoms with van der Waals surface area (Å²) in [6, 6.07) is 15.6. The van der Waals surface area contributed by atoms with E-state index in [4.69, 9.17) is 9.47 Å². The van der Waals surface area contributed by atoms with Gasteiger partial charge in [0.05, 0.1) is 18.3 Å². The third-order valence-corrected chi connectivity index (χ3v) is 6.12. The first-order chi connectivity index (χ1) is 16.3. The second kappa shape index (κ2) is 10.5. The maximum absolute atomic E-state index is 13.1. The Morgan fingerprint density at radius 2 is 1.88 bits per heavy atom. The lowest BCUT2D eigenvalue weighted by Gasteiger charge is -2.42. The third kappa shape index (κ3) is 6.14. The Hall–Kier alpha value is -2.94. The Bertz CT molecular complexity index is 1090. The van der Waals surface area contributed by atoms with Crippen LogP contribution in [0.1, 0.15) is 23.4 Å². The van der Waals surface area contributed by atoms with Crippen molar-refractivity contribution in [2.24, 2.45) is 0 Å². The smallest absolute Gasteiger partial charge is 0.137 e. The number of aliphatic hydroxyl groups excluding tert-OH is 1. The van der Waals surface area contributed by atoms with Crippen molar-refractivity contribution >= 4 is 0 Å². The highest BCUT2D eigenvalue weighted by atomic mass is 19.1. The Kier molecular flexibility index (Phi) is 7.50. The third-order valence-electron chi connectivity index (χ3n) is 6.12. The number of hydrogen-bond donors (Lipinski definition) is 2. The molecule has 2 atom stereocenters. The molecule has 0 bridgehead atoms. The van der Waals surface area contributed by atoms with E-state index in [0.29, 0.717) is 38.4 Å². The molecule has 1 saturated heterocycles. The first-order valence-corrected chi connectivity index (χ1v) is 11.5. The number of piperidine rings is 1. The van der Waals surface area contributed by atoms with E-state index < -0.39 is 11.7 Å². The molecule has 1 aromatic heterocycles. The van der Waals surface area contributed by atoms with Crippen LogP contribution in [0.25, 0.3) is 0 Å². The summed E-state index contributed by atoms with van der Waals surface area (Å²) in [5, 5.41) is 26.0. The molecule has 182 valence electrons. The van der Waals surface area contributed by atoms with Gasteiger partial charge in [0.1, 0.15) is 36.1 Å². The number of benzene rings is 2. The average molecular weight is 470 g/mol. The highest BCUT2D eigenvalue weighted by molar-refractivity contribution is 5.28. The van der Waals surface area contributed by atoms with Crippen molar-refractivity contribution in [3.05, 3.63) is 77.4 Å². The number of β-amino-alcohol motifs (C(OH)–C–C–N with tert-alkyl or cyclic N) is 1. The molecule has 2 aromatic carbocycles. The van der Waals surface area contributed by atoms with Crippen LogP contribution in [0.2, 0.25) is 0 Å². The van der Waals surface area contributed by atoms with Gasteiger partial charge in [-0.25, -0.2) is 4.39 Å². The van der Waals surface area contributed by atoms with Crippen LogP contribution in [0.15, 0.2) is 54.6 Å². The van der Waals surface area contributed by atoms with Crippen LogP contribution in [0.5, 0.6) is 11.5 Å². The summed E-state index contributed by atoms with van der Waals surface area (Å²) in [6.45, 7) is 6.65. The lowest BCUT2D eigenvalue weighted by Crippen LogP contribution is -2.59. The van der Waals surface area contributed by atoms with Gasteiger partial charge in [0, 0.05) is 25.3 Å². The van der Waals surface area contributed by atoms with Crippen molar-refractivity contribution in [3.63, 3.8) is 0 Å². The fraction of sp³-hybridized carbons (Fsp3) is 0.423.